The van der Waals surface area contributed by atoms with Crippen LogP contribution in [0.4, 0.5) is 0 Å². The van der Waals surface area contributed by atoms with Crippen molar-refractivity contribution in [2.24, 2.45) is 0 Å². The van der Waals surface area contributed by atoms with E-state index in [2.05, 4.69) is 0 Å². The van der Waals surface area contributed by atoms with Crippen molar-refractivity contribution in [2.45, 2.75) is 32.6 Å². The summed E-state index contributed by atoms with van der Waals surface area (Å²) in [6.07, 6.45) is 2.99. The second-order valence-electron chi connectivity index (χ2n) is 3.81. The lowest BCUT2D eigenvalue weighted by Gasteiger charge is -2.13. The Morgan fingerprint density at radius 2 is 2.06 bits per heavy atom. The van der Waals surface area contributed by atoms with Crippen LogP contribution in [0.25, 0.3) is 0 Å². The topological polar surface area (TPSA) is 29.5 Å². The summed E-state index contributed by atoms with van der Waals surface area (Å²) >= 11 is 5.69. The molecule has 94 valence electrons. The highest BCUT2D eigenvalue weighted by molar-refractivity contribution is 6.20. The SMILES string of the molecule is CCCCC(=O)N(Cl)OCCc1ccccc1. The van der Waals surface area contributed by atoms with Crippen LogP contribution >= 0.6 is 11.8 Å². The van der Waals surface area contributed by atoms with Crippen LogP contribution in [0.3, 0.4) is 0 Å². The number of halogens is 1. The molecule has 0 bridgehead atoms. The first-order valence-electron chi connectivity index (χ1n) is 5.89. The lowest BCUT2D eigenvalue weighted by molar-refractivity contribution is -0.158. The third-order valence-corrected chi connectivity index (χ3v) is 2.66. The molecule has 1 aromatic rings. The number of benzene rings is 1. The molecule has 4 heteroatoms. The highest BCUT2D eigenvalue weighted by Crippen LogP contribution is 2.06. The number of hydroxylamine groups is 1. The molecular formula is C13H18ClNO2. The third-order valence-electron chi connectivity index (χ3n) is 2.38. The van der Waals surface area contributed by atoms with Crippen molar-refractivity contribution in [3.8, 4) is 0 Å². The Kier molecular flexibility index (Phi) is 6.67. The second kappa shape index (κ2) is 8.09. The quantitative estimate of drug-likeness (QED) is 0.553. The fourth-order valence-electron chi connectivity index (χ4n) is 1.38. The zero-order valence-corrected chi connectivity index (χ0v) is 10.8. The molecule has 17 heavy (non-hydrogen) atoms. The number of hydrogen-bond acceptors (Lipinski definition) is 2. The van der Waals surface area contributed by atoms with Gasteiger partial charge in [0, 0.05) is 18.2 Å². The minimum Gasteiger partial charge on any atom is -0.271 e. The predicted molar refractivity (Wildman–Crippen MR) is 68.3 cm³/mol. The normalized spacial score (nSPS) is 10.2. The molecule has 0 fully saturated rings. The van der Waals surface area contributed by atoms with Gasteiger partial charge < -0.3 is 0 Å². The predicted octanol–water partition coefficient (Wildman–Crippen LogP) is 3.33. The molecule has 0 aliphatic heterocycles. The Morgan fingerprint density at radius 1 is 1.35 bits per heavy atom. The number of rotatable bonds is 7. The van der Waals surface area contributed by atoms with Crippen LogP contribution in [0.15, 0.2) is 30.3 Å². The van der Waals surface area contributed by atoms with Crippen LogP contribution in [-0.4, -0.2) is 17.1 Å². The van der Waals surface area contributed by atoms with Gasteiger partial charge in [0.05, 0.1) is 6.61 Å². The number of amides is 1. The van der Waals surface area contributed by atoms with Crippen LogP contribution < -0.4 is 0 Å². The molecule has 0 aliphatic carbocycles. The van der Waals surface area contributed by atoms with E-state index in [1.807, 2.05) is 37.3 Å². The summed E-state index contributed by atoms with van der Waals surface area (Å²) in [5.74, 6) is -0.179. The van der Waals surface area contributed by atoms with E-state index in [-0.39, 0.29) is 5.91 Å². The van der Waals surface area contributed by atoms with Crippen molar-refractivity contribution < 1.29 is 9.63 Å². The van der Waals surface area contributed by atoms with Crippen LogP contribution in [0.5, 0.6) is 0 Å². The average Bonchev–Trinajstić information content (AvgIpc) is 2.37. The van der Waals surface area contributed by atoms with Gasteiger partial charge in [0.2, 0.25) is 0 Å². The van der Waals surface area contributed by atoms with Gasteiger partial charge in [-0.15, -0.1) is 4.58 Å². The number of carbonyl (C=O) groups is 1. The van der Waals surface area contributed by atoms with E-state index in [1.54, 1.807) is 0 Å². The van der Waals surface area contributed by atoms with E-state index < -0.39 is 0 Å². The van der Waals surface area contributed by atoms with Gasteiger partial charge in [0.1, 0.15) is 0 Å². The minimum atomic E-state index is -0.179. The molecule has 0 saturated heterocycles. The molecule has 0 aromatic heterocycles. The molecule has 0 aliphatic rings. The van der Waals surface area contributed by atoms with Crippen LogP contribution in [0.1, 0.15) is 31.7 Å². The monoisotopic (exact) mass is 255 g/mol. The summed E-state index contributed by atoms with van der Waals surface area (Å²) in [6.45, 7) is 2.44. The van der Waals surface area contributed by atoms with Gasteiger partial charge in [-0.05, 0) is 18.4 Å². The molecule has 0 unspecified atom stereocenters. The van der Waals surface area contributed by atoms with E-state index in [9.17, 15) is 4.79 Å². The van der Waals surface area contributed by atoms with Crippen molar-refractivity contribution >= 4 is 17.7 Å². The van der Waals surface area contributed by atoms with Crippen molar-refractivity contribution in [1.29, 1.82) is 0 Å². The van der Waals surface area contributed by atoms with E-state index in [0.29, 0.717) is 13.0 Å². The maximum Gasteiger partial charge on any atom is 0.261 e. The van der Waals surface area contributed by atoms with E-state index in [0.717, 1.165) is 23.8 Å². The fourth-order valence-corrected chi connectivity index (χ4v) is 1.53. The summed E-state index contributed by atoms with van der Waals surface area (Å²) < 4.78 is 0.832. The van der Waals surface area contributed by atoms with Gasteiger partial charge >= 0.3 is 0 Å². The summed E-state index contributed by atoms with van der Waals surface area (Å²) in [4.78, 5) is 16.6. The number of nitrogens with zero attached hydrogens (tertiary/aromatic N) is 1. The summed E-state index contributed by atoms with van der Waals surface area (Å²) in [5, 5.41) is 0. The van der Waals surface area contributed by atoms with Gasteiger partial charge in [0.25, 0.3) is 5.91 Å². The fraction of sp³-hybridized carbons (Fsp3) is 0.462. The molecule has 0 saturated carbocycles. The minimum absolute atomic E-state index is 0.179. The van der Waals surface area contributed by atoms with Crippen molar-refractivity contribution in [3.63, 3.8) is 0 Å². The zero-order valence-electron chi connectivity index (χ0n) is 10.1. The molecule has 0 atom stereocenters. The van der Waals surface area contributed by atoms with Crippen LogP contribution in [-0.2, 0) is 16.1 Å². The Morgan fingerprint density at radius 3 is 2.71 bits per heavy atom. The van der Waals surface area contributed by atoms with E-state index in [1.165, 1.54) is 5.56 Å². The Hall–Kier alpha value is -1.06. The molecule has 0 N–H and O–H groups in total. The highest BCUT2D eigenvalue weighted by atomic mass is 35.5. The molecule has 0 spiro atoms. The molecule has 1 aromatic carbocycles. The first-order valence-corrected chi connectivity index (χ1v) is 6.23. The summed E-state index contributed by atoms with van der Waals surface area (Å²) in [6, 6.07) is 9.94. The standard InChI is InChI=1S/C13H18ClNO2/c1-2-3-9-13(16)15(14)17-11-10-12-7-5-4-6-8-12/h4-8H,2-3,9-11H2,1H3. The molecule has 0 heterocycles. The first kappa shape index (κ1) is 14.0. The van der Waals surface area contributed by atoms with Crippen LogP contribution in [0, 0.1) is 0 Å². The van der Waals surface area contributed by atoms with Gasteiger partial charge in [-0.25, -0.2) is 0 Å². The van der Waals surface area contributed by atoms with Crippen molar-refractivity contribution in [3.05, 3.63) is 35.9 Å². The smallest absolute Gasteiger partial charge is 0.261 e. The van der Waals surface area contributed by atoms with Gasteiger partial charge in [0.15, 0.2) is 0 Å². The lowest BCUT2D eigenvalue weighted by Crippen LogP contribution is -2.22. The molecule has 0 radical (unpaired) electrons. The van der Waals surface area contributed by atoms with Gasteiger partial charge in [-0.1, -0.05) is 43.7 Å². The Balaban J connectivity index is 2.20. The maximum absolute atomic E-state index is 11.4. The highest BCUT2D eigenvalue weighted by Gasteiger charge is 2.10. The van der Waals surface area contributed by atoms with Crippen molar-refractivity contribution in [2.75, 3.05) is 6.61 Å². The maximum atomic E-state index is 11.4. The average molecular weight is 256 g/mol. The first-order chi connectivity index (χ1) is 8.24. The number of carbonyl (C=O) groups excluding carboxylic acids is 1. The Bertz CT molecular complexity index is 329. The zero-order chi connectivity index (χ0) is 12.5. The summed E-state index contributed by atoms with van der Waals surface area (Å²) in [7, 11) is 0. The van der Waals surface area contributed by atoms with E-state index >= 15 is 0 Å². The van der Waals surface area contributed by atoms with Crippen molar-refractivity contribution in [1.82, 2.24) is 4.58 Å². The second-order valence-corrected chi connectivity index (χ2v) is 4.12. The van der Waals surface area contributed by atoms with Gasteiger partial charge in [-0.2, -0.15) is 0 Å². The third kappa shape index (κ3) is 5.71. The lowest BCUT2D eigenvalue weighted by atomic mass is 10.2. The molecular weight excluding hydrogens is 238 g/mol. The largest absolute Gasteiger partial charge is 0.271 e. The number of hydrogen-bond donors (Lipinski definition) is 0. The number of unbranched alkanes of at least 4 members (excludes halogenated alkanes) is 1. The van der Waals surface area contributed by atoms with E-state index in [4.69, 9.17) is 16.6 Å². The van der Waals surface area contributed by atoms with Crippen LogP contribution in [0.2, 0.25) is 0 Å². The summed E-state index contributed by atoms with van der Waals surface area (Å²) in [5.41, 5.74) is 1.17. The molecule has 3 nitrogen and oxygen atoms in total. The Labute approximate surface area is 107 Å². The molecule has 1 amide bonds. The van der Waals surface area contributed by atoms with Gasteiger partial charge in [-0.3, -0.25) is 9.63 Å². The molecule has 1 rings (SSSR count).